The quantitative estimate of drug-likeness (QED) is 0.474. The molecule has 0 atom stereocenters. The summed E-state index contributed by atoms with van der Waals surface area (Å²) in [7, 11) is 0. The first-order valence-corrected chi connectivity index (χ1v) is 7.33. The van der Waals surface area contributed by atoms with Gasteiger partial charge in [0.25, 0.3) is 0 Å². The first-order chi connectivity index (χ1) is 10.0. The van der Waals surface area contributed by atoms with Gasteiger partial charge >= 0.3 is 0 Å². The summed E-state index contributed by atoms with van der Waals surface area (Å²) in [6.07, 6.45) is 1.61. The summed E-state index contributed by atoms with van der Waals surface area (Å²) in [4.78, 5) is 8.53. The van der Waals surface area contributed by atoms with E-state index in [0.29, 0.717) is 44.8 Å². The number of rotatable bonds is 5. The number of aryl methyl sites for hydroxylation is 1. The van der Waals surface area contributed by atoms with Crippen molar-refractivity contribution in [2.45, 2.75) is 19.8 Å². The van der Waals surface area contributed by atoms with Gasteiger partial charge in [0, 0.05) is 18.6 Å². The Bertz CT molecular complexity index is 652. The molecular formula is C13H13Cl3N4O. The summed E-state index contributed by atoms with van der Waals surface area (Å²) in [5.41, 5.74) is 2.48. The Hall–Kier alpha value is -1.27. The van der Waals surface area contributed by atoms with Gasteiger partial charge in [-0.15, -0.1) is 0 Å². The van der Waals surface area contributed by atoms with E-state index in [2.05, 4.69) is 15.4 Å². The minimum Gasteiger partial charge on any atom is -0.437 e. The second-order valence-corrected chi connectivity index (χ2v) is 5.42. The van der Waals surface area contributed by atoms with Crippen molar-refractivity contribution >= 4 is 40.6 Å². The lowest BCUT2D eigenvalue weighted by molar-refractivity contribution is 0.459. The van der Waals surface area contributed by atoms with Crippen molar-refractivity contribution in [1.29, 1.82) is 0 Å². The fourth-order valence-electron chi connectivity index (χ4n) is 1.63. The van der Waals surface area contributed by atoms with Crippen molar-refractivity contribution in [3.8, 4) is 11.6 Å². The van der Waals surface area contributed by atoms with Gasteiger partial charge in [-0.05, 0) is 12.5 Å². The Kier molecular flexibility index (Phi) is 5.47. The molecule has 0 aliphatic heterocycles. The maximum absolute atomic E-state index is 6.07. The van der Waals surface area contributed by atoms with Crippen LogP contribution < -0.4 is 16.0 Å². The number of hydrogen-bond donors (Lipinski definition) is 2. The molecule has 3 N–H and O–H groups in total. The number of nitrogen functional groups attached to an aromatic ring is 1. The van der Waals surface area contributed by atoms with E-state index in [1.165, 1.54) is 12.1 Å². The van der Waals surface area contributed by atoms with Gasteiger partial charge < -0.3 is 10.2 Å². The molecule has 0 unspecified atom stereocenters. The molecule has 0 bridgehead atoms. The lowest BCUT2D eigenvalue weighted by atomic mass is 10.3. The van der Waals surface area contributed by atoms with Crippen molar-refractivity contribution in [2.75, 3.05) is 5.43 Å². The molecule has 21 heavy (non-hydrogen) atoms. The van der Waals surface area contributed by atoms with E-state index in [0.717, 1.165) is 6.42 Å². The second kappa shape index (κ2) is 7.13. The van der Waals surface area contributed by atoms with E-state index in [1.807, 2.05) is 6.92 Å². The number of hydrazine groups is 1. The summed E-state index contributed by atoms with van der Waals surface area (Å²) >= 11 is 17.9. The Morgan fingerprint density at radius 2 is 1.81 bits per heavy atom. The first-order valence-electron chi connectivity index (χ1n) is 6.20. The monoisotopic (exact) mass is 346 g/mol. The lowest BCUT2D eigenvalue weighted by Crippen LogP contribution is -2.10. The molecule has 2 rings (SSSR count). The summed E-state index contributed by atoms with van der Waals surface area (Å²) in [5, 5.41) is 1.03. The maximum Gasteiger partial charge on any atom is 0.224 e. The highest BCUT2D eigenvalue weighted by molar-refractivity contribution is 6.43. The van der Waals surface area contributed by atoms with E-state index < -0.39 is 0 Å². The summed E-state index contributed by atoms with van der Waals surface area (Å²) in [6.45, 7) is 2.03. The standard InChI is InChI=1S/C13H13Cl3N4O/c1-2-3-11-18-12(20-17)6-13(19-11)21-10-5-8(15)7(14)4-9(10)16/h4-6H,2-3,17H2,1H3,(H,18,19,20). The van der Waals surface area contributed by atoms with Crippen molar-refractivity contribution in [2.24, 2.45) is 5.84 Å². The molecule has 0 aliphatic carbocycles. The van der Waals surface area contributed by atoms with Gasteiger partial charge in [-0.25, -0.2) is 10.8 Å². The predicted molar refractivity (Wildman–Crippen MR) is 85.4 cm³/mol. The van der Waals surface area contributed by atoms with Crippen LogP contribution in [0.5, 0.6) is 11.6 Å². The van der Waals surface area contributed by atoms with Gasteiger partial charge in [0.1, 0.15) is 17.4 Å². The SMILES string of the molecule is CCCc1nc(NN)cc(Oc2cc(Cl)c(Cl)cc2Cl)n1. The molecule has 8 heteroatoms. The molecule has 0 saturated carbocycles. The molecule has 112 valence electrons. The van der Waals surface area contributed by atoms with E-state index in [-0.39, 0.29) is 0 Å². The van der Waals surface area contributed by atoms with Crippen LogP contribution >= 0.6 is 34.8 Å². The molecule has 1 aromatic carbocycles. The van der Waals surface area contributed by atoms with Crippen molar-refractivity contribution in [1.82, 2.24) is 9.97 Å². The molecule has 0 saturated heterocycles. The van der Waals surface area contributed by atoms with Gasteiger partial charge in [-0.1, -0.05) is 41.7 Å². The molecule has 0 aliphatic rings. The third-order valence-corrected chi connectivity index (χ3v) is 3.58. The number of nitrogens with zero attached hydrogens (tertiary/aromatic N) is 2. The van der Waals surface area contributed by atoms with Crippen molar-refractivity contribution in [3.05, 3.63) is 39.1 Å². The number of halogens is 3. The Labute approximate surface area is 137 Å². The number of anilines is 1. The van der Waals surface area contributed by atoms with Crippen LogP contribution in [-0.2, 0) is 6.42 Å². The third kappa shape index (κ3) is 4.11. The number of nitrogens with two attached hydrogens (primary N) is 1. The molecule has 1 aromatic heterocycles. The predicted octanol–water partition coefficient (Wildman–Crippen LogP) is 4.47. The smallest absolute Gasteiger partial charge is 0.224 e. The Balaban J connectivity index is 2.34. The highest BCUT2D eigenvalue weighted by Gasteiger charge is 2.11. The molecule has 2 aromatic rings. The first kappa shape index (κ1) is 16.1. The number of hydrogen-bond acceptors (Lipinski definition) is 5. The van der Waals surface area contributed by atoms with Gasteiger partial charge in [0.2, 0.25) is 5.88 Å². The minimum atomic E-state index is 0.321. The van der Waals surface area contributed by atoms with Gasteiger partial charge in [-0.3, -0.25) is 0 Å². The lowest BCUT2D eigenvalue weighted by Gasteiger charge is -2.10. The van der Waals surface area contributed by atoms with Crippen molar-refractivity contribution in [3.63, 3.8) is 0 Å². The van der Waals surface area contributed by atoms with Gasteiger partial charge in [-0.2, -0.15) is 4.98 Å². The van der Waals surface area contributed by atoms with Gasteiger partial charge in [0.15, 0.2) is 0 Å². The molecule has 1 heterocycles. The Morgan fingerprint density at radius 3 is 2.48 bits per heavy atom. The molecule has 0 amide bonds. The number of nitrogens with one attached hydrogen (secondary N) is 1. The van der Waals surface area contributed by atoms with Crippen molar-refractivity contribution < 1.29 is 4.74 Å². The fraction of sp³-hybridized carbons (Fsp3) is 0.231. The average molecular weight is 348 g/mol. The largest absolute Gasteiger partial charge is 0.437 e. The molecule has 5 nitrogen and oxygen atoms in total. The minimum absolute atomic E-state index is 0.321. The second-order valence-electron chi connectivity index (χ2n) is 4.20. The van der Waals surface area contributed by atoms with Crippen LogP contribution in [0, 0.1) is 0 Å². The highest BCUT2D eigenvalue weighted by atomic mass is 35.5. The average Bonchev–Trinajstić information content (AvgIpc) is 2.45. The molecular weight excluding hydrogens is 335 g/mol. The zero-order chi connectivity index (χ0) is 15.4. The van der Waals surface area contributed by atoms with Crippen LogP contribution in [-0.4, -0.2) is 9.97 Å². The van der Waals surface area contributed by atoms with Crippen LogP contribution in [0.4, 0.5) is 5.82 Å². The maximum atomic E-state index is 6.07. The Morgan fingerprint density at radius 1 is 1.10 bits per heavy atom. The number of benzene rings is 1. The zero-order valence-electron chi connectivity index (χ0n) is 11.2. The number of ether oxygens (including phenoxy) is 1. The van der Waals surface area contributed by atoms with Crippen LogP contribution in [0.15, 0.2) is 18.2 Å². The van der Waals surface area contributed by atoms with Crippen LogP contribution in [0.1, 0.15) is 19.2 Å². The fourth-order valence-corrected chi connectivity index (χ4v) is 2.20. The van der Waals surface area contributed by atoms with Crippen LogP contribution in [0.3, 0.4) is 0 Å². The van der Waals surface area contributed by atoms with Crippen LogP contribution in [0.2, 0.25) is 15.1 Å². The molecule has 0 radical (unpaired) electrons. The normalized spacial score (nSPS) is 10.5. The highest BCUT2D eigenvalue weighted by Crippen LogP contribution is 2.36. The topological polar surface area (TPSA) is 73.1 Å². The summed E-state index contributed by atoms with van der Waals surface area (Å²) in [5.74, 6) is 7.15. The van der Waals surface area contributed by atoms with E-state index in [9.17, 15) is 0 Å². The summed E-state index contributed by atoms with van der Waals surface area (Å²) in [6, 6.07) is 4.61. The number of aromatic nitrogens is 2. The molecule has 0 spiro atoms. The third-order valence-electron chi connectivity index (χ3n) is 2.56. The van der Waals surface area contributed by atoms with E-state index >= 15 is 0 Å². The van der Waals surface area contributed by atoms with E-state index in [4.69, 9.17) is 45.4 Å². The molecule has 0 fully saturated rings. The van der Waals surface area contributed by atoms with E-state index in [1.54, 1.807) is 6.07 Å². The van der Waals surface area contributed by atoms with Gasteiger partial charge in [0.05, 0.1) is 15.1 Å². The summed E-state index contributed by atoms with van der Waals surface area (Å²) < 4.78 is 5.65. The zero-order valence-corrected chi connectivity index (χ0v) is 13.4. The van der Waals surface area contributed by atoms with Crippen LogP contribution in [0.25, 0.3) is 0 Å².